The minimum Gasteiger partial charge on any atom is -0.508 e. The Labute approximate surface area is 175 Å². The predicted molar refractivity (Wildman–Crippen MR) is 110 cm³/mol. The summed E-state index contributed by atoms with van der Waals surface area (Å²) in [4.78, 5) is 12.4. The van der Waals surface area contributed by atoms with Crippen LogP contribution in [0.2, 0.25) is 0 Å². The van der Waals surface area contributed by atoms with Crippen molar-refractivity contribution in [2.75, 3.05) is 0 Å². The van der Waals surface area contributed by atoms with Gasteiger partial charge in [0.25, 0.3) is 0 Å². The van der Waals surface area contributed by atoms with Crippen LogP contribution >= 0.6 is 0 Å². The maximum absolute atomic E-state index is 12.4. The molecule has 3 nitrogen and oxygen atoms in total. The number of unbranched alkanes of at least 4 members (excludes halogenated alkanes) is 1. The van der Waals surface area contributed by atoms with Gasteiger partial charge < -0.3 is 9.84 Å². The first-order valence-corrected chi connectivity index (χ1v) is 9.88. The van der Waals surface area contributed by atoms with Gasteiger partial charge in [-0.1, -0.05) is 46.4 Å². The van der Waals surface area contributed by atoms with Crippen LogP contribution < -0.4 is 4.74 Å². The normalized spacial score (nSPS) is 30.0. The predicted octanol–water partition coefficient (Wildman–Crippen LogP) is 6.26. The van der Waals surface area contributed by atoms with Gasteiger partial charge in [-0.2, -0.15) is 0 Å². The molecule has 0 bridgehead atoms. The van der Waals surface area contributed by atoms with Gasteiger partial charge in [0.05, 0.1) is 0 Å². The van der Waals surface area contributed by atoms with E-state index >= 15 is 0 Å². The van der Waals surface area contributed by atoms with E-state index in [-0.39, 0.29) is 36.5 Å². The largest absolute Gasteiger partial charge is 0.508 e. The Bertz CT molecular complexity index is 945. The summed E-state index contributed by atoms with van der Waals surface area (Å²) < 4.78 is 70.6. The average molecular weight is 381 g/mol. The number of carbonyl (C=O) groups excluding carboxylic acids is 1. The van der Waals surface area contributed by atoms with E-state index in [4.69, 9.17) is 15.7 Å². The van der Waals surface area contributed by atoms with Crippen molar-refractivity contribution in [1.29, 1.82) is 0 Å². The second kappa shape index (κ2) is 7.48. The van der Waals surface area contributed by atoms with Crippen molar-refractivity contribution in [3.63, 3.8) is 0 Å². The number of benzene rings is 1. The van der Waals surface area contributed by atoms with Crippen LogP contribution in [0.1, 0.15) is 114 Å². The van der Waals surface area contributed by atoms with E-state index in [2.05, 4.69) is 0 Å². The van der Waals surface area contributed by atoms with Gasteiger partial charge in [0.15, 0.2) is 0 Å². The Morgan fingerprint density at radius 1 is 1.33 bits per heavy atom. The van der Waals surface area contributed by atoms with Crippen LogP contribution in [-0.2, 0) is 10.2 Å². The molecule has 3 heteroatoms. The maximum atomic E-state index is 12.4. The summed E-state index contributed by atoms with van der Waals surface area (Å²) in [5.41, 5.74) is -1.98. The van der Waals surface area contributed by atoms with Gasteiger partial charge in [0, 0.05) is 41.2 Å². The molecule has 1 aliphatic carbocycles. The van der Waals surface area contributed by atoms with E-state index in [9.17, 15) is 9.90 Å². The van der Waals surface area contributed by atoms with Gasteiger partial charge in [0.1, 0.15) is 22.9 Å². The number of carbonyl (C=O) groups is 1. The Kier molecular flexibility index (Phi) is 3.36. The fraction of sp³-hybridized carbons (Fsp3) is 0.708. The number of Topliss-reactive ketones (excluding diaryl/α,β-unsaturated/α-hetero) is 1. The lowest BCUT2D eigenvalue weighted by molar-refractivity contribution is -0.124. The average Bonchev–Trinajstić information content (AvgIpc) is 2.67. The van der Waals surface area contributed by atoms with Crippen molar-refractivity contribution in [2.24, 2.45) is 5.92 Å². The summed E-state index contributed by atoms with van der Waals surface area (Å²) in [6.07, 6.45) is 1.40. The van der Waals surface area contributed by atoms with Gasteiger partial charge in [-0.15, -0.1) is 0 Å². The van der Waals surface area contributed by atoms with Crippen molar-refractivity contribution in [2.45, 2.75) is 103 Å². The summed E-state index contributed by atoms with van der Waals surface area (Å²) in [5.74, 6) is -1.93. The number of hydrogen-bond donors (Lipinski definition) is 1. The van der Waals surface area contributed by atoms with Crippen LogP contribution in [-0.4, -0.2) is 16.5 Å². The molecule has 1 aromatic rings. The van der Waals surface area contributed by atoms with Crippen molar-refractivity contribution in [1.82, 2.24) is 0 Å². The molecule has 1 saturated carbocycles. The molecule has 0 radical (unpaired) electrons. The molecule has 0 saturated heterocycles. The highest BCUT2D eigenvalue weighted by molar-refractivity contribution is 5.81. The highest BCUT2D eigenvalue weighted by Gasteiger charge is 2.47. The molecule has 1 N–H and O–H groups in total. The van der Waals surface area contributed by atoms with Gasteiger partial charge in [-0.25, -0.2) is 0 Å². The number of fused-ring (bicyclic) bond motifs is 3. The van der Waals surface area contributed by atoms with Crippen LogP contribution in [0, 0.1) is 5.92 Å². The van der Waals surface area contributed by atoms with E-state index in [1.165, 1.54) is 0 Å². The Morgan fingerprint density at radius 2 is 2.11 bits per heavy atom. The topological polar surface area (TPSA) is 46.5 Å². The zero-order valence-corrected chi connectivity index (χ0v) is 16.5. The van der Waals surface area contributed by atoms with Crippen molar-refractivity contribution in [3.8, 4) is 11.5 Å². The second-order valence-electron chi connectivity index (χ2n) is 8.68. The molecule has 3 rings (SSSR count). The third-order valence-electron chi connectivity index (χ3n) is 6.21. The van der Waals surface area contributed by atoms with Crippen LogP contribution in [0.5, 0.6) is 11.5 Å². The Balaban J connectivity index is 2.07. The number of phenols is 1. The standard InChI is InChI=1S/C24H36O3/c1-6-7-8-9-12-23(2,3)16-13-20(26)22-18-15-17(25)10-11-19(18)24(4,5)27-21(22)14-16/h13-14,18-19,26H,6-12,15H2,1-5H3/t18-,19-/m1/s1/i4D3,5D3,6D2. The summed E-state index contributed by atoms with van der Waals surface area (Å²) in [5, 5.41) is 11.1. The smallest absolute Gasteiger partial charge is 0.133 e. The van der Waals surface area contributed by atoms with E-state index in [0.29, 0.717) is 30.4 Å². The van der Waals surface area contributed by atoms with Crippen LogP contribution in [0.4, 0.5) is 0 Å². The maximum Gasteiger partial charge on any atom is 0.133 e. The van der Waals surface area contributed by atoms with E-state index in [1.807, 2.05) is 13.8 Å². The summed E-state index contributed by atoms with van der Waals surface area (Å²) in [6, 6.07) is 3.23. The fourth-order valence-corrected chi connectivity index (χ4v) is 4.52. The van der Waals surface area contributed by atoms with Crippen LogP contribution in [0.25, 0.3) is 0 Å². The lowest BCUT2D eigenvalue weighted by atomic mass is 9.66. The third-order valence-corrected chi connectivity index (χ3v) is 6.21. The molecule has 27 heavy (non-hydrogen) atoms. The molecule has 150 valence electrons. The molecular formula is C24H36O3. The fourth-order valence-electron chi connectivity index (χ4n) is 4.52. The third kappa shape index (κ3) is 4.02. The zero-order valence-electron chi connectivity index (χ0n) is 24.5. The van der Waals surface area contributed by atoms with Gasteiger partial charge in [-0.05, 0) is 49.7 Å². The Hall–Kier alpha value is -1.51. The molecule has 0 amide bonds. The number of ether oxygens (including phenoxy) is 1. The molecule has 1 aliphatic heterocycles. The van der Waals surface area contributed by atoms with Crippen molar-refractivity contribution < 1.29 is 25.6 Å². The molecule has 2 aliphatic rings. The molecule has 0 aromatic heterocycles. The number of hydrogen-bond acceptors (Lipinski definition) is 3. The van der Waals surface area contributed by atoms with Crippen molar-refractivity contribution in [3.05, 3.63) is 23.3 Å². The number of phenolic OH excluding ortho intramolecular Hbond substituents is 1. The van der Waals surface area contributed by atoms with E-state index in [0.717, 1.165) is 6.42 Å². The lowest BCUT2D eigenvalue weighted by Crippen LogP contribution is -2.47. The summed E-state index contributed by atoms with van der Waals surface area (Å²) in [6.45, 7) is -0.502. The highest BCUT2D eigenvalue weighted by Crippen LogP contribution is 2.54. The zero-order chi connectivity index (χ0) is 26.6. The Morgan fingerprint density at radius 3 is 2.81 bits per heavy atom. The highest BCUT2D eigenvalue weighted by atomic mass is 16.5. The number of rotatable bonds is 6. The van der Waals surface area contributed by atoms with Gasteiger partial charge in [-0.3, -0.25) is 4.79 Å². The van der Waals surface area contributed by atoms with Crippen LogP contribution in [0.3, 0.4) is 0 Å². The lowest BCUT2D eigenvalue weighted by Gasteiger charge is -2.47. The molecule has 1 fully saturated rings. The van der Waals surface area contributed by atoms with Gasteiger partial charge >= 0.3 is 0 Å². The molecule has 2 atom stereocenters. The summed E-state index contributed by atoms with van der Waals surface area (Å²) in [7, 11) is 0. The molecular weight excluding hydrogens is 336 g/mol. The van der Waals surface area contributed by atoms with Crippen molar-refractivity contribution >= 4 is 5.78 Å². The SMILES string of the molecule is [2H]C([2H])(C)CCCCC(C)(C)c1cc(O)c2c(c1)OC(C([2H])([2H])[2H])(C([2H])([2H])[2H])[C@@H]1CCC(=O)C[C@@H]21. The number of ketones is 1. The molecule has 1 aromatic carbocycles. The quantitative estimate of drug-likeness (QED) is 0.592. The molecule has 0 unspecified atom stereocenters. The van der Waals surface area contributed by atoms with E-state index in [1.54, 1.807) is 19.1 Å². The first-order valence-electron chi connectivity index (χ1n) is 13.9. The second-order valence-corrected chi connectivity index (χ2v) is 8.68. The minimum absolute atomic E-state index is 0.0150. The molecule has 0 spiro atoms. The number of aromatic hydroxyl groups is 1. The summed E-state index contributed by atoms with van der Waals surface area (Å²) >= 11 is 0. The van der Waals surface area contributed by atoms with Gasteiger partial charge in [0.2, 0.25) is 0 Å². The van der Waals surface area contributed by atoms with E-state index < -0.39 is 42.9 Å². The first kappa shape index (κ1) is 12.1. The molecule has 1 heterocycles. The van der Waals surface area contributed by atoms with Crippen LogP contribution in [0.15, 0.2) is 12.1 Å². The minimum atomic E-state index is -2.99. The monoisotopic (exact) mass is 380 g/mol. The first-order chi connectivity index (χ1) is 15.8.